The molecule has 108 valence electrons. The van der Waals surface area contributed by atoms with Crippen molar-refractivity contribution in [2.75, 3.05) is 20.2 Å². The molecule has 2 rings (SSSR count). The minimum absolute atomic E-state index is 0.473. The minimum atomic E-state index is 0.473. The van der Waals surface area contributed by atoms with Crippen molar-refractivity contribution in [3.63, 3.8) is 0 Å². The summed E-state index contributed by atoms with van der Waals surface area (Å²) in [5.41, 5.74) is 0.769. The van der Waals surface area contributed by atoms with Crippen molar-refractivity contribution in [2.45, 2.75) is 26.2 Å². The highest BCUT2D eigenvalue weighted by Gasteiger charge is 2.12. The number of nitrogens with zero attached hydrogens (tertiary/aromatic N) is 3. The van der Waals surface area contributed by atoms with Crippen LogP contribution in [0.1, 0.15) is 25.7 Å². The fourth-order valence-electron chi connectivity index (χ4n) is 1.85. The van der Waals surface area contributed by atoms with Crippen molar-refractivity contribution in [2.24, 2.45) is 0 Å². The summed E-state index contributed by atoms with van der Waals surface area (Å²) in [4.78, 5) is 4.00. The predicted molar refractivity (Wildman–Crippen MR) is 75.6 cm³/mol. The van der Waals surface area contributed by atoms with Gasteiger partial charge in [-0.2, -0.15) is 0 Å². The number of hydrogen-bond acceptors (Lipinski definition) is 6. The van der Waals surface area contributed by atoms with Crippen molar-refractivity contribution < 1.29 is 9.15 Å². The molecule has 0 radical (unpaired) electrons. The Labute approximate surface area is 118 Å². The number of aromatic nitrogens is 3. The molecule has 0 saturated carbocycles. The van der Waals surface area contributed by atoms with Crippen molar-refractivity contribution in [1.82, 2.24) is 20.5 Å². The average Bonchev–Trinajstić information content (AvgIpc) is 2.95. The van der Waals surface area contributed by atoms with E-state index in [1.165, 1.54) is 0 Å². The first kappa shape index (κ1) is 14.5. The number of aryl methyl sites for hydroxylation is 1. The molecule has 0 aromatic carbocycles. The molecule has 0 aliphatic carbocycles. The minimum Gasteiger partial charge on any atom is -0.494 e. The second kappa shape index (κ2) is 7.59. The summed E-state index contributed by atoms with van der Waals surface area (Å²) in [6.45, 7) is 4.16. The molecule has 0 amide bonds. The Bertz CT molecular complexity index is 527. The zero-order chi connectivity index (χ0) is 14.2. The molecule has 0 unspecified atom stereocenters. The Morgan fingerprint density at radius 3 is 3.00 bits per heavy atom. The summed E-state index contributed by atoms with van der Waals surface area (Å²) in [5, 5.41) is 11.5. The van der Waals surface area contributed by atoms with E-state index in [0.717, 1.165) is 37.9 Å². The van der Waals surface area contributed by atoms with Gasteiger partial charge < -0.3 is 14.5 Å². The Hall–Kier alpha value is -1.95. The standard InChI is InChI=1S/C14H20N4O2/c1-3-7-15-8-4-5-13-17-18-14(20-13)11-6-9-16-10-12(11)19-2/h6,9-10,15H,3-5,7-8H2,1-2H3. The zero-order valence-electron chi connectivity index (χ0n) is 11.9. The largest absolute Gasteiger partial charge is 0.494 e. The molecule has 20 heavy (non-hydrogen) atoms. The van der Waals surface area contributed by atoms with Crippen molar-refractivity contribution in [1.29, 1.82) is 0 Å². The number of pyridine rings is 1. The molecule has 0 aliphatic heterocycles. The molecule has 0 aliphatic rings. The van der Waals surface area contributed by atoms with Gasteiger partial charge in [0.05, 0.1) is 18.9 Å². The third-order valence-electron chi connectivity index (χ3n) is 2.87. The molecule has 0 saturated heterocycles. The van der Waals surface area contributed by atoms with Crippen molar-refractivity contribution in [3.05, 3.63) is 24.4 Å². The molecule has 2 aromatic heterocycles. The van der Waals surface area contributed by atoms with Gasteiger partial charge in [-0.15, -0.1) is 10.2 Å². The molecular formula is C14H20N4O2. The van der Waals surface area contributed by atoms with E-state index >= 15 is 0 Å². The molecule has 6 heteroatoms. The normalized spacial score (nSPS) is 10.7. The molecule has 2 heterocycles. The second-order valence-electron chi connectivity index (χ2n) is 4.43. The van der Waals surface area contributed by atoms with E-state index in [4.69, 9.17) is 9.15 Å². The predicted octanol–water partition coefficient (Wildman–Crippen LogP) is 2.07. The van der Waals surface area contributed by atoms with Gasteiger partial charge in [-0.3, -0.25) is 4.98 Å². The second-order valence-corrected chi connectivity index (χ2v) is 4.43. The van der Waals surface area contributed by atoms with Crippen LogP contribution in [0.15, 0.2) is 22.9 Å². The summed E-state index contributed by atoms with van der Waals surface area (Å²) in [6, 6.07) is 1.80. The van der Waals surface area contributed by atoms with Gasteiger partial charge in [0.15, 0.2) is 0 Å². The van der Waals surface area contributed by atoms with Crippen LogP contribution in [-0.4, -0.2) is 35.4 Å². The molecule has 2 aromatic rings. The maximum atomic E-state index is 5.66. The smallest absolute Gasteiger partial charge is 0.251 e. The third kappa shape index (κ3) is 3.77. The lowest BCUT2D eigenvalue weighted by molar-refractivity contribution is 0.411. The molecule has 0 atom stereocenters. The lowest BCUT2D eigenvalue weighted by Gasteiger charge is -2.02. The maximum Gasteiger partial charge on any atom is 0.251 e. The number of nitrogens with one attached hydrogen (secondary N) is 1. The van der Waals surface area contributed by atoms with E-state index in [9.17, 15) is 0 Å². The fraction of sp³-hybridized carbons (Fsp3) is 0.500. The Balaban J connectivity index is 1.95. The number of ether oxygens (including phenoxy) is 1. The Kier molecular flexibility index (Phi) is 5.49. The van der Waals surface area contributed by atoms with E-state index in [1.54, 1.807) is 25.6 Å². The number of rotatable bonds is 8. The summed E-state index contributed by atoms with van der Waals surface area (Å²) in [7, 11) is 1.59. The van der Waals surface area contributed by atoms with Gasteiger partial charge in [-0.05, 0) is 32.0 Å². The van der Waals surface area contributed by atoms with E-state index in [0.29, 0.717) is 17.5 Å². The first-order valence-corrected chi connectivity index (χ1v) is 6.86. The molecule has 0 spiro atoms. The van der Waals surface area contributed by atoms with Crippen LogP contribution < -0.4 is 10.1 Å². The first-order chi connectivity index (χ1) is 9.85. The van der Waals surface area contributed by atoms with Crippen LogP contribution in [-0.2, 0) is 6.42 Å². The third-order valence-corrected chi connectivity index (χ3v) is 2.87. The van der Waals surface area contributed by atoms with Gasteiger partial charge >= 0.3 is 0 Å². The highest BCUT2D eigenvalue weighted by Crippen LogP contribution is 2.27. The monoisotopic (exact) mass is 276 g/mol. The first-order valence-electron chi connectivity index (χ1n) is 6.86. The highest BCUT2D eigenvalue weighted by atomic mass is 16.5. The van der Waals surface area contributed by atoms with Crippen LogP contribution in [0.4, 0.5) is 0 Å². The Morgan fingerprint density at radius 1 is 1.30 bits per heavy atom. The topological polar surface area (TPSA) is 73.1 Å². The van der Waals surface area contributed by atoms with Crippen molar-refractivity contribution >= 4 is 0 Å². The molecule has 1 N–H and O–H groups in total. The van der Waals surface area contributed by atoms with Crippen LogP contribution in [0.5, 0.6) is 5.75 Å². The number of methoxy groups -OCH3 is 1. The molecule has 0 fully saturated rings. The van der Waals surface area contributed by atoms with Gasteiger partial charge in [0.2, 0.25) is 5.89 Å². The zero-order valence-corrected chi connectivity index (χ0v) is 11.9. The van der Waals surface area contributed by atoms with Crippen LogP contribution >= 0.6 is 0 Å². The van der Waals surface area contributed by atoms with Crippen molar-refractivity contribution in [3.8, 4) is 17.2 Å². The van der Waals surface area contributed by atoms with E-state index in [1.807, 2.05) is 0 Å². The Morgan fingerprint density at radius 2 is 2.20 bits per heavy atom. The SMILES string of the molecule is CCCNCCCc1nnc(-c2ccncc2OC)o1. The van der Waals surface area contributed by atoms with Gasteiger partial charge in [0.25, 0.3) is 5.89 Å². The number of hydrogen-bond donors (Lipinski definition) is 1. The summed E-state index contributed by atoms with van der Waals surface area (Å²) < 4.78 is 10.9. The maximum absolute atomic E-state index is 5.66. The molecule has 0 bridgehead atoms. The van der Waals surface area contributed by atoms with E-state index < -0.39 is 0 Å². The van der Waals surface area contributed by atoms with E-state index in [2.05, 4.69) is 27.4 Å². The summed E-state index contributed by atoms with van der Waals surface area (Å²) in [5.74, 6) is 1.75. The van der Waals surface area contributed by atoms with E-state index in [-0.39, 0.29) is 0 Å². The quantitative estimate of drug-likeness (QED) is 0.744. The van der Waals surface area contributed by atoms with Crippen LogP contribution in [0.25, 0.3) is 11.5 Å². The van der Waals surface area contributed by atoms with Gasteiger partial charge in [0.1, 0.15) is 5.75 Å². The van der Waals surface area contributed by atoms with Crippen LogP contribution in [0.2, 0.25) is 0 Å². The summed E-state index contributed by atoms with van der Waals surface area (Å²) >= 11 is 0. The van der Waals surface area contributed by atoms with Gasteiger partial charge in [0, 0.05) is 12.6 Å². The summed E-state index contributed by atoms with van der Waals surface area (Å²) in [6.07, 6.45) is 6.21. The highest BCUT2D eigenvalue weighted by molar-refractivity contribution is 5.60. The molecule has 6 nitrogen and oxygen atoms in total. The lowest BCUT2D eigenvalue weighted by atomic mass is 10.2. The van der Waals surface area contributed by atoms with Gasteiger partial charge in [-0.25, -0.2) is 0 Å². The average molecular weight is 276 g/mol. The molecular weight excluding hydrogens is 256 g/mol. The fourth-order valence-corrected chi connectivity index (χ4v) is 1.85. The lowest BCUT2D eigenvalue weighted by Crippen LogP contribution is -2.16. The van der Waals surface area contributed by atoms with Crippen LogP contribution in [0, 0.1) is 0 Å². The van der Waals surface area contributed by atoms with Gasteiger partial charge in [-0.1, -0.05) is 6.92 Å². The van der Waals surface area contributed by atoms with Crippen LogP contribution in [0.3, 0.4) is 0 Å².